The zero-order chi connectivity index (χ0) is 13.8. The molecule has 100 valence electrons. The van der Waals surface area contributed by atoms with Gasteiger partial charge in [0.25, 0.3) is 0 Å². The van der Waals surface area contributed by atoms with Gasteiger partial charge in [-0.3, -0.25) is 9.52 Å². The van der Waals surface area contributed by atoms with E-state index in [0.29, 0.717) is 12.4 Å². The fourth-order valence-corrected chi connectivity index (χ4v) is 2.10. The molecule has 0 fully saturated rings. The molecule has 0 aliphatic rings. The summed E-state index contributed by atoms with van der Waals surface area (Å²) in [6.45, 7) is 3.38. The van der Waals surface area contributed by atoms with Crippen LogP contribution in [0.15, 0.2) is 24.3 Å². The topological polar surface area (TPSA) is 92.7 Å². The lowest BCUT2D eigenvalue weighted by Crippen LogP contribution is -2.32. The lowest BCUT2D eigenvalue weighted by atomic mass is 10.3. The molecule has 0 amide bonds. The van der Waals surface area contributed by atoms with Gasteiger partial charge in [0.05, 0.1) is 12.3 Å². The molecule has 0 spiro atoms. The van der Waals surface area contributed by atoms with Crippen molar-refractivity contribution in [1.82, 2.24) is 0 Å². The highest BCUT2D eigenvalue weighted by Crippen LogP contribution is 2.19. The Kier molecular flexibility index (Phi) is 4.55. The number of ether oxygens (including phenoxy) is 1. The molecule has 0 aliphatic carbocycles. The van der Waals surface area contributed by atoms with E-state index in [9.17, 15) is 13.2 Å². The Balaban J connectivity index is 2.90. The third kappa shape index (κ3) is 3.63. The minimum absolute atomic E-state index is 0.272. The van der Waals surface area contributed by atoms with Crippen LogP contribution >= 0.6 is 0 Å². The molecule has 0 aliphatic heterocycles. The minimum Gasteiger partial charge on any atom is -0.494 e. The number of nitrogens with one attached hydrogen (secondary N) is 1. The van der Waals surface area contributed by atoms with Gasteiger partial charge in [-0.15, -0.1) is 0 Å². The van der Waals surface area contributed by atoms with Crippen molar-refractivity contribution in [2.24, 2.45) is 0 Å². The molecule has 1 unspecified atom stereocenters. The number of carbonyl (C=O) groups is 1. The third-order valence-corrected chi connectivity index (χ3v) is 3.87. The van der Waals surface area contributed by atoms with E-state index in [1.807, 2.05) is 6.92 Å². The van der Waals surface area contributed by atoms with E-state index >= 15 is 0 Å². The predicted octanol–water partition coefficient (Wildman–Crippen LogP) is 1.30. The maximum Gasteiger partial charge on any atom is 0.323 e. The minimum atomic E-state index is -3.95. The van der Waals surface area contributed by atoms with Crippen molar-refractivity contribution in [3.63, 3.8) is 0 Å². The quantitative estimate of drug-likeness (QED) is 0.815. The Labute approximate surface area is 106 Å². The molecule has 6 nitrogen and oxygen atoms in total. The first-order chi connectivity index (χ1) is 8.36. The number of carboxylic acid groups (broad SMARTS) is 1. The number of aliphatic carboxylic acids is 1. The highest BCUT2D eigenvalue weighted by atomic mass is 32.2. The van der Waals surface area contributed by atoms with Crippen LogP contribution in [0.5, 0.6) is 5.75 Å². The molecule has 0 saturated carbocycles. The van der Waals surface area contributed by atoms with Gasteiger partial charge in [-0.1, -0.05) is 6.07 Å². The second kappa shape index (κ2) is 5.72. The summed E-state index contributed by atoms with van der Waals surface area (Å²) in [6, 6.07) is 6.32. The van der Waals surface area contributed by atoms with E-state index in [4.69, 9.17) is 9.84 Å². The maximum atomic E-state index is 11.7. The number of anilines is 1. The largest absolute Gasteiger partial charge is 0.494 e. The van der Waals surface area contributed by atoms with Crippen LogP contribution in [0.4, 0.5) is 5.69 Å². The van der Waals surface area contributed by atoms with Crippen LogP contribution < -0.4 is 9.46 Å². The molecule has 1 rings (SSSR count). The van der Waals surface area contributed by atoms with Crippen molar-refractivity contribution >= 4 is 21.7 Å². The van der Waals surface area contributed by atoms with E-state index in [2.05, 4.69) is 4.72 Å². The molecule has 18 heavy (non-hydrogen) atoms. The first-order valence-corrected chi connectivity index (χ1v) is 6.88. The first-order valence-electron chi connectivity index (χ1n) is 5.34. The van der Waals surface area contributed by atoms with Gasteiger partial charge in [-0.05, 0) is 26.0 Å². The van der Waals surface area contributed by atoms with Gasteiger partial charge >= 0.3 is 5.97 Å². The highest BCUT2D eigenvalue weighted by molar-refractivity contribution is 7.94. The van der Waals surface area contributed by atoms with Crippen LogP contribution in [0.3, 0.4) is 0 Å². The molecule has 1 atom stereocenters. The zero-order valence-corrected chi connectivity index (χ0v) is 10.9. The monoisotopic (exact) mass is 273 g/mol. The van der Waals surface area contributed by atoms with E-state index in [-0.39, 0.29) is 5.69 Å². The third-order valence-electron chi connectivity index (χ3n) is 2.22. The summed E-state index contributed by atoms with van der Waals surface area (Å²) >= 11 is 0. The Morgan fingerprint density at radius 3 is 2.72 bits per heavy atom. The summed E-state index contributed by atoms with van der Waals surface area (Å²) in [5.41, 5.74) is 0.272. The fourth-order valence-electron chi connectivity index (χ4n) is 1.20. The van der Waals surface area contributed by atoms with E-state index in [1.165, 1.54) is 12.1 Å². The molecule has 1 aromatic carbocycles. The van der Waals surface area contributed by atoms with Crippen molar-refractivity contribution in [3.05, 3.63) is 24.3 Å². The summed E-state index contributed by atoms with van der Waals surface area (Å²) in [7, 11) is -3.95. The maximum absolute atomic E-state index is 11.7. The smallest absolute Gasteiger partial charge is 0.323 e. The van der Waals surface area contributed by atoms with Gasteiger partial charge in [-0.2, -0.15) is 0 Å². The van der Waals surface area contributed by atoms with Gasteiger partial charge < -0.3 is 9.84 Å². The van der Waals surface area contributed by atoms with E-state index < -0.39 is 21.2 Å². The van der Waals surface area contributed by atoms with Crippen LogP contribution in [-0.2, 0) is 14.8 Å². The van der Waals surface area contributed by atoms with E-state index in [1.54, 1.807) is 12.1 Å². The lowest BCUT2D eigenvalue weighted by molar-refractivity contribution is -0.136. The molecule has 1 aromatic rings. The van der Waals surface area contributed by atoms with Crippen LogP contribution in [0.25, 0.3) is 0 Å². The Bertz CT molecular complexity index is 526. The molecule has 7 heteroatoms. The number of rotatable bonds is 6. The van der Waals surface area contributed by atoms with Gasteiger partial charge in [0.2, 0.25) is 10.0 Å². The number of benzene rings is 1. The molecule has 0 saturated heterocycles. The second-order valence-electron chi connectivity index (χ2n) is 3.59. The average Bonchev–Trinajstić information content (AvgIpc) is 2.28. The molecule has 0 heterocycles. The molecule has 2 N–H and O–H groups in total. The molecular formula is C11H15NO5S. The van der Waals surface area contributed by atoms with Crippen molar-refractivity contribution < 1.29 is 23.1 Å². The molecular weight excluding hydrogens is 258 g/mol. The van der Waals surface area contributed by atoms with Crippen LogP contribution in [0, 0.1) is 0 Å². The summed E-state index contributed by atoms with van der Waals surface area (Å²) in [5, 5.41) is 7.17. The van der Waals surface area contributed by atoms with Gasteiger partial charge in [-0.25, -0.2) is 8.42 Å². The van der Waals surface area contributed by atoms with Crippen LogP contribution in [0.2, 0.25) is 0 Å². The Hall–Kier alpha value is -1.76. The van der Waals surface area contributed by atoms with Crippen LogP contribution in [0.1, 0.15) is 13.8 Å². The number of hydrogen-bond donors (Lipinski definition) is 2. The number of carboxylic acids is 1. The van der Waals surface area contributed by atoms with Crippen molar-refractivity contribution in [3.8, 4) is 5.75 Å². The van der Waals surface area contributed by atoms with Crippen molar-refractivity contribution in [2.45, 2.75) is 19.1 Å². The van der Waals surface area contributed by atoms with E-state index in [0.717, 1.165) is 6.92 Å². The standard InChI is InChI=1S/C11H15NO5S/c1-3-17-10-6-4-5-9(7-10)12-18(15,16)8(2)11(13)14/h4-8,12H,3H2,1-2H3,(H,13,14). The van der Waals surface area contributed by atoms with Crippen molar-refractivity contribution in [2.75, 3.05) is 11.3 Å². The number of hydrogen-bond acceptors (Lipinski definition) is 4. The van der Waals surface area contributed by atoms with Crippen molar-refractivity contribution in [1.29, 1.82) is 0 Å². The van der Waals surface area contributed by atoms with Gasteiger partial charge in [0.1, 0.15) is 5.75 Å². The Morgan fingerprint density at radius 1 is 1.50 bits per heavy atom. The molecule has 0 radical (unpaired) electrons. The fraction of sp³-hybridized carbons (Fsp3) is 0.364. The zero-order valence-electron chi connectivity index (χ0n) is 10.1. The predicted molar refractivity (Wildman–Crippen MR) is 67.3 cm³/mol. The normalized spacial score (nSPS) is 12.8. The van der Waals surface area contributed by atoms with Gasteiger partial charge in [0.15, 0.2) is 5.25 Å². The highest BCUT2D eigenvalue weighted by Gasteiger charge is 2.27. The summed E-state index contributed by atoms with van der Waals surface area (Å²) in [5.74, 6) is -0.885. The van der Waals surface area contributed by atoms with Crippen LogP contribution in [-0.4, -0.2) is 31.4 Å². The first kappa shape index (κ1) is 14.3. The van der Waals surface area contributed by atoms with Gasteiger partial charge in [0, 0.05) is 6.07 Å². The summed E-state index contributed by atoms with van der Waals surface area (Å²) < 4.78 is 30.8. The SMILES string of the molecule is CCOc1cccc(NS(=O)(=O)C(C)C(=O)O)c1. The second-order valence-corrected chi connectivity index (χ2v) is 5.59. The summed E-state index contributed by atoms with van der Waals surface area (Å²) in [4.78, 5) is 10.7. The number of sulfonamides is 1. The molecule has 0 bridgehead atoms. The lowest BCUT2D eigenvalue weighted by Gasteiger charge is -2.12. The Morgan fingerprint density at radius 2 is 2.17 bits per heavy atom. The average molecular weight is 273 g/mol. The summed E-state index contributed by atoms with van der Waals surface area (Å²) in [6.07, 6.45) is 0. The molecule has 0 aromatic heterocycles.